The Balaban J connectivity index is 1.61. The Morgan fingerprint density at radius 3 is 2.35 bits per heavy atom. The van der Waals surface area contributed by atoms with E-state index in [2.05, 4.69) is 5.32 Å². The van der Waals surface area contributed by atoms with Crippen molar-refractivity contribution in [3.63, 3.8) is 0 Å². The molecule has 3 aromatic rings. The molecular formula is C29H28N2O8S. The largest absolute Gasteiger partial charge is 0.493 e. The number of barbiturate groups is 1. The van der Waals surface area contributed by atoms with E-state index in [1.165, 1.54) is 37.5 Å². The molecule has 1 heterocycles. The number of hydrogen-bond donors (Lipinski definition) is 1. The molecule has 3 aromatic carbocycles. The number of rotatable bonds is 10. The van der Waals surface area contributed by atoms with Crippen LogP contribution in [0.4, 0.5) is 4.79 Å². The lowest BCUT2D eigenvalue weighted by molar-refractivity contribution is -0.130. The van der Waals surface area contributed by atoms with Crippen LogP contribution in [0.3, 0.4) is 0 Å². The van der Waals surface area contributed by atoms with E-state index in [4.69, 9.17) is 13.7 Å². The van der Waals surface area contributed by atoms with E-state index in [-0.39, 0.29) is 28.3 Å². The van der Waals surface area contributed by atoms with Crippen molar-refractivity contribution in [1.82, 2.24) is 10.2 Å². The highest BCUT2D eigenvalue weighted by molar-refractivity contribution is 7.87. The maximum Gasteiger partial charge on any atom is 0.339 e. The van der Waals surface area contributed by atoms with E-state index in [0.717, 1.165) is 16.9 Å². The summed E-state index contributed by atoms with van der Waals surface area (Å²) >= 11 is 0. The quantitative estimate of drug-likeness (QED) is 0.220. The molecule has 1 fully saturated rings. The van der Waals surface area contributed by atoms with Gasteiger partial charge in [0.1, 0.15) is 16.2 Å². The molecule has 1 N–H and O–H groups in total. The Morgan fingerprint density at radius 1 is 0.925 bits per heavy atom. The number of ether oxygens (including phenoxy) is 2. The van der Waals surface area contributed by atoms with E-state index in [1.54, 1.807) is 42.5 Å². The van der Waals surface area contributed by atoms with Crippen LogP contribution in [0.15, 0.2) is 77.2 Å². The van der Waals surface area contributed by atoms with Gasteiger partial charge in [-0.1, -0.05) is 48.9 Å². The highest BCUT2D eigenvalue weighted by Crippen LogP contribution is 2.30. The lowest BCUT2D eigenvalue weighted by Crippen LogP contribution is -2.53. The van der Waals surface area contributed by atoms with Gasteiger partial charge in [0, 0.05) is 5.56 Å². The first-order valence-corrected chi connectivity index (χ1v) is 13.8. The van der Waals surface area contributed by atoms with Crippen molar-refractivity contribution < 1.29 is 36.5 Å². The second-order valence-corrected chi connectivity index (χ2v) is 10.5. The third-order valence-corrected chi connectivity index (χ3v) is 7.19. The summed E-state index contributed by atoms with van der Waals surface area (Å²) in [5, 5.41) is 2.16. The Hall–Kier alpha value is -4.64. The van der Waals surface area contributed by atoms with E-state index in [9.17, 15) is 22.8 Å². The van der Waals surface area contributed by atoms with Gasteiger partial charge in [0.15, 0.2) is 11.5 Å². The summed E-state index contributed by atoms with van der Waals surface area (Å²) in [6.07, 6.45) is 2.00. The average molecular weight is 565 g/mol. The third kappa shape index (κ3) is 6.32. The first-order valence-electron chi connectivity index (χ1n) is 12.4. The van der Waals surface area contributed by atoms with Gasteiger partial charge >= 0.3 is 16.1 Å². The lowest BCUT2D eigenvalue weighted by Gasteiger charge is -2.26. The fourth-order valence-electron chi connectivity index (χ4n) is 3.86. The molecule has 4 amide bonds. The van der Waals surface area contributed by atoms with Crippen molar-refractivity contribution in [2.45, 2.75) is 31.7 Å². The standard InChI is InChI=1S/C29H28N2O8S/c1-4-15-38-25-14-11-20(16-26(25)37-3)18-31-28(33)23(27(32)30-29(31)34)17-21-7-5-6-8-24(21)39-40(35,36)22-12-9-19(2)10-13-22/h5-14,16-17H,4,15,18H2,1-3H3,(H,30,32,34)/b23-17+. The molecule has 0 radical (unpaired) electrons. The van der Waals surface area contributed by atoms with E-state index in [0.29, 0.717) is 23.7 Å². The van der Waals surface area contributed by atoms with Crippen LogP contribution in [0, 0.1) is 6.92 Å². The van der Waals surface area contributed by atoms with Gasteiger partial charge in [-0.15, -0.1) is 0 Å². The van der Waals surface area contributed by atoms with Crippen LogP contribution in [-0.4, -0.2) is 44.9 Å². The molecule has 0 atom stereocenters. The van der Waals surface area contributed by atoms with Crippen molar-refractivity contribution in [2.24, 2.45) is 0 Å². The van der Waals surface area contributed by atoms with E-state index in [1.807, 2.05) is 13.8 Å². The van der Waals surface area contributed by atoms with Crippen LogP contribution in [0.25, 0.3) is 6.08 Å². The van der Waals surface area contributed by atoms with Crippen molar-refractivity contribution in [3.8, 4) is 17.2 Å². The molecule has 40 heavy (non-hydrogen) atoms. The molecule has 10 nitrogen and oxygen atoms in total. The molecule has 0 spiro atoms. The molecule has 4 rings (SSSR count). The Kier molecular flexibility index (Phi) is 8.54. The van der Waals surface area contributed by atoms with Crippen molar-refractivity contribution in [3.05, 3.63) is 89.0 Å². The highest BCUT2D eigenvalue weighted by atomic mass is 32.2. The predicted octanol–water partition coefficient (Wildman–Crippen LogP) is 4.22. The number of carbonyl (C=O) groups excluding carboxylic acids is 3. The first kappa shape index (κ1) is 28.4. The molecule has 1 saturated heterocycles. The van der Waals surface area contributed by atoms with Crippen LogP contribution in [0.2, 0.25) is 0 Å². The van der Waals surface area contributed by atoms with Gasteiger partial charge < -0.3 is 13.7 Å². The van der Waals surface area contributed by atoms with Gasteiger partial charge in [0.25, 0.3) is 11.8 Å². The number of imide groups is 2. The SMILES string of the molecule is CCCOc1ccc(CN2C(=O)NC(=O)/C(=C\c3ccccc3OS(=O)(=O)c3ccc(C)cc3)C2=O)cc1OC. The topological polar surface area (TPSA) is 128 Å². The monoisotopic (exact) mass is 564 g/mol. The summed E-state index contributed by atoms with van der Waals surface area (Å²) in [5.74, 6) is -0.899. The number of aryl methyl sites for hydroxylation is 1. The van der Waals surface area contributed by atoms with Gasteiger partial charge in [-0.3, -0.25) is 19.8 Å². The molecule has 1 aliphatic rings. The fourth-order valence-corrected chi connectivity index (χ4v) is 4.82. The Labute approximate surface area is 232 Å². The second-order valence-electron chi connectivity index (χ2n) is 8.93. The minimum Gasteiger partial charge on any atom is -0.493 e. The Bertz CT molecular complexity index is 1580. The number of hydrogen-bond acceptors (Lipinski definition) is 8. The number of nitrogens with one attached hydrogen (secondary N) is 1. The van der Waals surface area contributed by atoms with E-state index < -0.39 is 28.0 Å². The molecular weight excluding hydrogens is 536 g/mol. The summed E-state index contributed by atoms with van der Waals surface area (Å²) in [7, 11) is -2.72. The fraction of sp³-hybridized carbons (Fsp3) is 0.207. The smallest absolute Gasteiger partial charge is 0.339 e. The molecule has 11 heteroatoms. The lowest BCUT2D eigenvalue weighted by atomic mass is 10.1. The predicted molar refractivity (Wildman–Crippen MR) is 146 cm³/mol. The summed E-state index contributed by atoms with van der Waals surface area (Å²) in [5.41, 5.74) is 1.23. The van der Waals surface area contributed by atoms with Crippen molar-refractivity contribution >= 4 is 34.0 Å². The summed E-state index contributed by atoms with van der Waals surface area (Å²) in [4.78, 5) is 39.4. The number of amides is 4. The number of para-hydroxylation sites is 1. The number of carbonyl (C=O) groups is 3. The Morgan fingerprint density at radius 2 is 1.65 bits per heavy atom. The van der Waals surface area contributed by atoms with Crippen LogP contribution in [0.5, 0.6) is 17.2 Å². The van der Waals surface area contributed by atoms with Crippen molar-refractivity contribution in [1.29, 1.82) is 0 Å². The highest BCUT2D eigenvalue weighted by Gasteiger charge is 2.36. The van der Waals surface area contributed by atoms with Crippen LogP contribution in [0.1, 0.15) is 30.0 Å². The molecule has 0 aliphatic carbocycles. The van der Waals surface area contributed by atoms with Gasteiger partial charge in [0.2, 0.25) is 0 Å². The van der Waals surface area contributed by atoms with Gasteiger partial charge in [-0.25, -0.2) is 4.79 Å². The molecule has 208 valence electrons. The van der Waals surface area contributed by atoms with Crippen LogP contribution in [-0.2, 0) is 26.3 Å². The minimum atomic E-state index is -4.20. The number of nitrogens with zero attached hydrogens (tertiary/aromatic N) is 1. The first-order chi connectivity index (χ1) is 19.1. The second kappa shape index (κ2) is 12.0. The maximum absolute atomic E-state index is 13.3. The zero-order chi connectivity index (χ0) is 28.9. The average Bonchev–Trinajstić information content (AvgIpc) is 2.93. The van der Waals surface area contributed by atoms with Crippen LogP contribution < -0.4 is 19.0 Å². The van der Waals surface area contributed by atoms with Crippen LogP contribution >= 0.6 is 0 Å². The van der Waals surface area contributed by atoms with Gasteiger partial charge in [-0.2, -0.15) is 8.42 Å². The number of urea groups is 1. The molecule has 1 aliphatic heterocycles. The summed E-state index contributed by atoms with van der Waals surface area (Å²) in [6, 6.07) is 16.3. The molecule has 0 bridgehead atoms. The molecule has 0 aromatic heterocycles. The maximum atomic E-state index is 13.3. The van der Waals surface area contributed by atoms with Gasteiger partial charge in [0.05, 0.1) is 20.3 Å². The van der Waals surface area contributed by atoms with Gasteiger partial charge in [-0.05, 0) is 55.3 Å². The van der Waals surface area contributed by atoms with Crippen molar-refractivity contribution in [2.75, 3.05) is 13.7 Å². The molecule has 0 unspecified atom stereocenters. The third-order valence-electron chi connectivity index (χ3n) is 5.94. The zero-order valence-corrected chi connectivity index (χ0v) is 23.0. The zero-order valence-electron chi connectivity index (χ0n) is 22.2. The summed E-state index contributed by atoms with van der Waals surface area (Å²) < 4.78 is 42.1. The van der Waals surface area contributed by atoms with E-state index >= 15 is 0 Å². The minimum absolute atomic E-state index is 0.0506. The normalized spacial score (nSPS) is 14.7. The summed E-state index contributed by atoms with van der Waals surface area (Å²) in [6.45, 7) is 4.14. The number of benzene rings is 3. The number of methoxy groups -OCH3 is 1. The molecule has 0 saturated carbocycles.